The molecule has 7 heteroatoms. The second kappa shape index (κ2) is 6.67. The van der Waals surface area contributed by atoms with Crippen LogP contribution in [0.2, 0.25) is 0 Å². The summed E-state index contributed by atoms with van der Waals surface area (Å²) in [6.07, 6.45) is -4.95. The second-order valence-electron chi connectivity index (χ2n) is 5.58. The highest BCUT2D eigenvalue weighted by Gasteiger charge is 2.42. The number of halogens is 3. The molecule has 1 aromatic heterocycles. The van der Waals surface area contributed by atoms with E-state index in [2.05, 4.69) is 0 Å². The Kier molecular flexibility index (Phi) is 4.54. The van der Waals surface area contributed by atoms with Crippen molar-refractivity contribution in [3.63, 3.8) is 0 Å². The number of hydrogen-bond acceptors (Lipinski definition) is 3. The van der Waals surface area contributed by atoms with Crippen LogP contribution in [-0.4, -0.2) is 18.6 Å². The van der Waals surface area contributed by atoms with E-state index in [1.54, 1.807) is 30.3 Å². The van der Waals surface area contributed by atoms with Crippen LogP contribution in [0.4, 0.5) is 18.9 Å². The predicted molar refractivity (Wildman–Crippen MR) is 92.0 cm³/mol. The molecule has 3 rings (SSSR count). The lowest BCUT2D eigenvalue weighted by Gasteiger charge is -2.22. The summed E-state index contributed by atoms with van der Waals surface area (Å²) in [4.78, 5) is 24.3. The maximum atomic E-state index is 12.7. The summed E-state index contributed by atoms with van der Waals surface area (Å²) in [5, 5.41) is 0.730. The molecule has 0 radical (unpaired) electrons. The lowest BCUT2D eigenvalue weighted by atomic mass is 10.1. The highest BCUT2D eigenvalue weighted by atomic mass is 19.4. The van der Waals surface area contributed by atoms with Crippen LogP contribution in [0.25, 0.3) is 22.1 Å². The van der Waals surface area contributed by atoms with E-state index >= 15 is 0 Å². The van der Waals surface area contributed by atoms with Gasteiger partial charge < -0.3 is 9.32 Å². The van der Waals surface area contributed by atoms with Gasteiger partial charge in [0.25, 0.3) is 0 Å². The molecule has 4 nitrogen and oxygen atoms in total. The van der Waals surface area contributed by atoms with Crippen LogP contribution in [0.15, 0.2) is 63.8 Å². The van der Waals surface area contributed by atoms with Gasteiger partial charge in [-0.15, -0.1) is 0 Å². The molecule has 0 saturated heterocycles. The minimum atomic E-state index is -4.95. The van der Waals surface area contributed by atoms with E-state index in [1.165, 1.54) is 31.2 Å². The highest BCUT2D eigenvalue weighted by Crippen LogP contribution is 2.27. The molecule has 1 amide bonds. The topological polar surface area (TPSA) is 50.5 Å². The zero-order chi connectivity index (χ0) is 18.9. The van der Waals surface area contributed by atoms with Gasteiger partial charge >= 0.3 is 17.7 Å². The van der Waals surface area contributed by atoms with Crippen molar-refractivity contribution in [3.8, 4) is 11.1 Å². The van der Waals surface area contributed by atoms with Gasteiger partial charge in [0.2, 0.25) is 0 Å². The Labute approximate surface area is 146 Å². The lowest BCUT2D eigenvalue weighted by molar-refractivity contribution is -0.170. The quantitative estimate of drug-likeness (QED) is 0.651. The van der Waals surface area contributed by atoms with Crippen molar-refractivity contribution in [2.45, 2.75) is 13.1 Å². The number of nitrogens with zero attached hydrogens (tertiary/aromatic N) is 1. The van der Waals surface area contributed by atoms with Crippen molar-refractivity contribution in [2.24, 2.45) is 0 Å². The number of amides is 1. The van der Waals surface area contributed by atoms with Gasteiger partial charge in [-0.2, -0.15) is 13.2 Å². The summed E-state index contributed by atoms with van der Waals surface area (Å²) < 4.78 is 43.3. The number of benzene rings is 2. The standard InChI is InChI=1S/C19H14F3NO3/c1-2-23(18(25)19(20,21)22)14-9-7-12(8-10-14)15-11-13-5-3-4-6-16(13)26-17(15)24/h3-11H,2H2,1H3. The summed E-state index contributed by atoms with van der Waals surface area (Å²) in [5.74, 6) is -1.93. The SMILES string of the molecule is CCN(C(=O)C(F)(F)F)c1ccc(-c2cc3ccccc3oc2=O)cc1. The number of anilines is 1. The summed E-state index contributed by atoms with van der Waals surface area (Å²) in [7, 11) is 0. The van der Waals surface area contributed by atoms with Crippen LogP contribution < -0.4 is 10.5 Å². The molecule has 0 saturated carbocycles. The normalized spacial score (nSPS) is 11.5. The van der Waals surface area contributed by atoms with Crippen molar-refractivity contribution in [2.75, 3.05) is 11.4 Å². The van der Waals surface area contributed by atoms with E-state index in [0.29, 0.717) is 21.6 Å². The fourth-order valence-corrected chi connectivity index (χ4v) is 2.68. The summed E-state index contributed by atoms with van der Waals surface area (Å²) in [6, 6.07) is 14.4. The molecule has 2 aromatic carbocycles. The Morgan fingerprint density at radius 3 is 2.35 bits per heavy atom. The molecule has 0 spiro atoms. The maximum absolute atomic E-state index is 12.7. The molecule has 0 atom stereocenters. The smallest absolute Gasteiger partial charge is 0.422 e. The van der Waals surface area contributed by atoms with Gasteiger partial charge in [0, 0.05) is 17.6 Å². The molecule has 0 aliphatic carbocycles. The first-order valence-electron chi connectivity index (χ1n) is 7.83. The van der Waals surface area contributed by atoms with Gasteiger partial charge in [-0.3, -0.25) is 4.79 Å². The molecule has 1 heterocycles. The third-order valence-corrected chi connectivity index (χ3v) is 3.94. The average Bonchev–Trinajstić information content (AvgIpc) is 2.61. The molecule has 0 bridgehead atoms. The molecule has 0 unspecified atom stereocenters. The first-order chi connectivity index (χ1) is 12.3. The van der Waals surface area contributed by atoms with Crippen LogP contribution >= 0.6 is 0 Å². The monoisotopic (exact) mass is 361 g/mol. The zero-order valence-electron chi connectivity index (χ0n) is 13.7. The van der Waals surface area contributed by atoms with E-state index in [1.807, 2.05) is 0 Å². The van der Waals surface area contributed by atoms with Crippen molar-refractivity contribution in [3.05, 3.63) is 65.0 Å². The van der Waals surface area contributed by atoms with E-state index in [0.717, 1.165) is 5.39 Å². The number of para-hydroxylation sites is 1. The number of hydrogen-bond donors (Lipinski definition) is 0. The first-order valence-corrected chi connectivity index (χ1v) is 7.83. The van der Waals surface area contributed by atoms with Gasteiger partial charge in [0.15, 0.2) is 0 Å². The molecule has 0 aliphatic heterocycles. The minimum Gasteiger partial charge on any atom is -0.422 e. The zero-order valence-corrected chi connectivity index (χ0v) is 13.7. The maximum Gasteiger partial charge on any atom is 0.471 e. The molecule has 0 N–H and O–H groups in total. The number of rotatable bonds is 3. The van der Waals surface area contributed by atoms with Crippen LogP contribution in [-0.2, 0) is 4.79 Å². The van der Waals surface area contributed by atoms with E-state index < -0.39 is 17.7 Å². The summed E-state index contributed by atoms with van der Waals surface area (Å²) >= 11 is 0. The van der Waals surface area contributed by atoms with Crippen molar-refractivity contribution < 1.29 is 22.4 Å². The summed E-state index contributed by atoms with van der Waals surface area (Å²) in [5.41, 5.74) is 0.786. The van der Waals surface area contributed by atoms with Crippen molar-refractivity contribution >= 4 is 22.6 Å². The third-order valence-electron chi connectivity index (χ3n) is 3.94. The van der Waals surface area contributed by atoms with Crippen LogP contribution in [0.3, 0.4) is 0 Å². The van der Waals surface area contributed by atoms with Gasteiger partial charge in [-0.1, -0.05) is 30.3 Å². The molecular formula is C19H14F3NO3. The fraction of sp³-hybridized carbons (Fsp3) is 0.158. The fourth-order valence-electron chi connectivity index (χ4n) is 2.68. The third kappa shape index (κ3) is 3.33. The second-order valence-corrected chi connectivity index (χ2v) is 5.58. The number of fused-ring (bicyclic) bond motifs is 1. The molecule has 0 aliphatic rings. The van der Waals surface area contributed by atoms with E-state index in [-0.39, 0.29) is 12.2 Å². The Hall–Kier alpha value is -3.09. The van der Waals surface area contributed by atoms with Gasteiger partial charge in [-0.05, 0) is 36.8 Å². The Morgan fingerprint density at radius 1 is 1.08 bits per heavy atom. The van der Waals surface area contributed by atoms with Crippen LogP contribution in [0, 0.1) is 0 Å². The van der Waals surface area contributed by atoms with Gasteiger partial charge in [0.05, 0.1) is 5.56 Å². The summed E-state index contributed by atoms with van der Waals surface area (Å²) in [6.45, 7) is 1.32. The first kappa shape index (κ1) is 17.7. The highest BCUT2D eigenvalue weighted by molar-refractivity contribution is 5.97. The van der Waals surface area contributed by atoms with Crippen molar-refractivity contribution in [1.29, 1.82) is 0 Å². The van der Waals surface area contributed by atoms with Crippen LogP contribution in [0.1, 0.15) is 6.92 Å². The number of alkyl halides is 3. The molecule has 134 valence electrons. The number of carbonyl (C=O) groups excluding carboxylic acids is 1. The van der Waals surface area contributed by atoms with E-state index in [9.17, 15) is 22.8 Å². The average molecular weight is 361 g/mol. The van der Waals surface area contributed by atoms with Crippen LogP contribution in [0.5, 0.6) is 0 Å². The predicted octanol–water partition coefficient (Wildman–Crippen LogP) is 4.38. The molecule has 26 heavy (non-hydrogen) atoms. The molecule has 3 aromatic rings. The van der Waals surface area contributed by atoms with Crippen molar-refractivity contribution in [1.82, 2.24) is 0 Å². The Morgan fingerprint density at radius 2 is 1.73 bits per heavy atom. The lowest BCUT2D eigenvalue weighted by Crippen LogP contribution is -2.41. The number of carbonyl (C=O) groups is 1. The van der Waals surface area contributed by atoms with Gasteiger partial charge in [0.1, 0.15) is 5.58 Å². The minimum absolute atomic E-state index is 0.101. The van der Waals surface area contributed by atoms with E-state index in [4.69, 9.17) is 4.42 Å². The van der Waals surface area contributed by atoms with Gasteiger partial charge in [-0.25, -0.2) is 4.79 Å². The Bertz CT molecular complexity index is 1010. The molecular weight excluding hydrogens is 347 g/mol. The Balaban J connectivity index is 1.98. The largest absolute Gasteiger partial charge is 0.471 e. The molecule has 0 fully saturated rings.